The Morgan fingerprint density at radius 1 is 1.62 bits per heavy atom. The fourth-order valence-corrected chi connectivity index (χ4v) is 3.11. The second kappa shape index (κ2) is 5.79. The van der Waals surface area contributed by atoms with E-state index in [4.69, 9.17) is 0 Å². The van der Waals surface area contributed by atoms with Crippen molar-refractivity contribution in [2.75, 3.05) is 6.54 Å². The summed E-state index contributed by atoms with van der Waals surface area (Å²) in [7, 11) is -1.73. The van der Waals surface area contributed by atoms with Gasteiger partial charge in [0.1, 0.15) is 0 Å². The Morgan fingerprint density at radius 2 is 2.31 bits per heavy atom. The topological polar surface area (TPSA) is 64.0 Å². The number of hydrogen-bond acceptors (Lipinski definition) is 3. The highest BCUT2D eigenvalue weighted by atomic mass is 79.9. The summed E-state index contributed by atoms with van der Waals surface area (Å²) < 4.78 is 27.6. The molecule has 1 heterocycles. The van der Waals surface area contributed by atoms with E-state index in [0.29, 0.717) is 6.54 Å². The first-order valence-corrected chi connectivity index (χ1v) is 7.47. The summed E-state index contributed by atoms with van der Waals surface area (Å²) in [6, 6.07) is 0. The van der Waals surface area contributed by atoms with Gasteiger partial charge in [-0.25, -0.2) is 18.1 Å². The summed E-state index contributed by atoms with van der Waals surface area (Å²) in [6.45, 7) is 2.44. The Labute approximate surface area is 104 Å². The molecule has 0 saturated carbocycles. The average molecular weight is 310 g/mol. The van der Waals surface area contributed by atoms with Gasteiger partial charge < -0.3 is 4.57 Å². The van der Waals surface area contributed by atoms with E-state index in [0.717, 1.165) is 12.8 Å². The zero-order chi connectivity index (χ0) is 12.2. The van der Waals surface area contributed by atoms with E-state index in [-0.39, 0.29) is 9.85 Å². The highest BCUT2D eigenvalue weighted by molar-refractivity contribution is 9.09. The Bertz CT molecular complexity index is 430. The van der Waals surface area contributed by atoms with Crippen LogP contribution in [0.3, 0.4) is 0 Å². The number of imidazole rings is 1. The van der Waals surface area contributed by atoms with Crippen molar-refractivity contribution in [3.8, 4) is 0 Å². The van der Waals surface area contributed by atoms with Gasteiger partial charge in [0.25, 0.3) is 10.0 Å². The summed E-state index contributed by atoms with van der Waals surface area (Å²) in [5, 5.41) is 0.0613. The third-order valence-corrected chi connectivity index (χ3v) is 4.14. The quantitative estimate of drug-likeness (QED) is 0.805. The van der Waals surface area contributed by atoms with Gasteiger partial charge >= 0.3 is 0 Å². The van der Waals surface area contributed by atoms with Gasteiger partial charge in [0.05, 0.1) is 6.33 Å². The number of sulfonamides is 1. The van der Waals surface area contributed by atoms with E-state index >= 15 is 0 Å². The van der Waals surface area contributed by atoms with Crippen LogP contribution in [0.15, 0.2) is 17.6 Å². The van der Waals surface area contributed by atoms with E-state index in [9.17, 15) is 8.42 Å². The molecule has 0 bridgehead atoms. The van der Waals surface area contributed by atoms with Crippen molar-refractivity contribution in [1.29, 1.82) is 0 Å². The number of hydrogen-bond donors (Lipinski definition) is 1. The third-order valence-electron chi connectivity index (χ3n) is 2.05. The van der Waals surface area contributed by atoms with Crippen molar-refractivity contribution < 1.29 is 8.42 Å². The first kappa shape index (κ1) is 13.7. The summed E-state index contributed by atoms with van der Waals surface area (Å²) >= 11 is 3.42. The minimum Gasteiger partial charge on any atom is -0.339 e. The fraction of sp³-hybridized carbons (Fsp3) is 0.667. The molecule has 92 valence electrons. The molecule has 0 amide bonds. The molecule has 7 heteroatoms. The van der Waals surface area contributed by atoms with E-state index in [1.54, 1.807) is 11.6 Å². The van der Waals surface area contributed by atoms with Crippen LogP contribution in [-0.4, -0.2) is 29.3 Å². The van der Waals surface area contributed by atoms with Gasteiger partial charge in [-0.3, -0.25) is 0 Å². The smallest absolute Gasteiger partial charge is 0.259 e. The Hall–Kier alpha value is -0.400. The summed E-state index contributed by atoms with van der Waals surface area (Å²) in [5.74, 6) is 0. The van der Waals surface area contributed by atoms with Crippen molar-refractivity contribution in [2.24, 2.45) is 7.05 Å². The van der Waals surface area contributed by atoms with Gasteiger partial charge in [0.2, 0.25) is 0 Å². The van der Waals surface area contributed by atoms with E-state index in [1.807, 2.05) is 0 Å². The Morgan fingerprint density at radius 3 is 2.81 bits per heavy atom. The number of aryl methyl sites for hydroxylation is 1. The first-order valence-electron chi connectivity index (χ1n) is 5.07. The second-order valence-corrected chi connectivity index (χ2v) is 6.62. The number of halogens is 1. The average Bonchev–Trinajstić information content (AvgIpc) is 2.63. The van der Waals surface area contributed by atoms with Crippen molar-refractivity contribution in [3.63, 3.8) is 0 Å². The van der Waals surface area contributed by atoms with E-state index in [2.05, 4.69) is 32.6 Å². The van der Waals surface area contributed by atoms with Crippen LogP contribution >= 0.6 is 15.9 Å². The van der Waals surface area contributed by atoms with Crippen LogP contribution < -0.4 is 4.72 Å². The molecule has 0 aliphatic rings. The minimum atomic E-state index is -3.46. The lowest BCUT2D eigenvalue weighted by Crippen LogP contribution is -2.29. The van der Waals surface area contributed by atoms with Gasteiger partial charge in [-0.05, 0) is 6.42 Å². The SMILES string of the molecule is CCCC(Br)CNS(=O)(=O)c1cn(C)cn1. The predicted molar refractivity (Wildman–Crippen MR) is 66.0 cm³/mol. The largest absolute Gasteiger partial charge is 0.339 e. The van der Waals surface area contributed by atoms with E-state index < -0.39 is 10.0 Å². The lowest BCUT2D eigenvalue weighted by atomic mass is 10.2. The van der Waals surface area contributed by atoms with Crippen LogP contribution in [0.25, 0.3) is 0 Å². The van der Waals surface area contributed by atoms with E-state index in [1.165, 1.54) is 12.5 Å². The van der Waals surface area contributed by atoms with Crippen LogP contribution in [0.5, 0.6) is 0 Å². The Balaban J connectivity index is 2.59. The fourth-order valence-electron chi connectivity index (χ4n) is 1.22. The second-order valence-electron chi connectivity index (χ2n) is 3.62. The van der Waals surface area contributed by atoms with Gasteiger partial charge in [0.15, 0.2) is 5.03 Å². The molecule has 1 N–H and O–H groups in total. The maximum absolute atomic E-state index is 11.7. The van der Waals surface area contributed by atoms with Gasteiger partial charge in [-0.1, -0.05) is 29.3 Å². The molecular weight excluding hydrogens is 294 g/mol. The van der Waals surface area contributed by atoms with Crippen LogP contribution in [-0.2, 0) is 17.1 Å². The molecule has 0 saturated heterocycles. The number of nitrogens with one attached hydrogen (secondary N) is 1. The van der Waals surface area contributed by atoms with Gasteiger partial charge in [0, 0.05) is 24.6 Å². The van der Waals surface area contributed by atoms with Crippen molar-refractivity contribution in [3.05, 3.63) is 12.5 Å². The van der Waals surface area contributed by atoms with Gasteiger partial charge in [-0.2, -0.15) is 0 Å². The third kappa shape index (κ3) is 3.88. The molecule has 1 rings (SSSR count). The number of alkyl halides is 1. The highest BCUT2D eigenvalue weighted by Crippen LogP contribution is 2.09. The number of rotatable bonds is 6. The number of aromatic nitrogens is 2. The molecule has 0 fully saturated rings. The standard InChI is InChI=1S/C9H16BrN3O2S/c1-3-4-8(10)5-12-16(14,15)9-6-13(2)7-11-9/h6-8,12H,3-5H2,1-2H3. The van der Waals surface area contributed by atoms with Crippen LogP contribution in [0.1, 0.15) is 19.8 Å². The lowest BCUT2D eigenvalue weighted by Gasteiger charge is -2.09. The van der Waals surface area contributed by atoms with Crippen molar-refractivity contribution in [1.82, 2.24) is 14.3 Å². The van der Waals surface area contributed by atoms with Crippen LogP contribution in [0.4, 0.5) is 0 Å². The molecule has 1 unspecified atom stereocenters. The molecule has 5 nitrogen and oxygen atoms in total. The molecule has 0 spiro atoms. The molecule has 0 aliphatic heterocycles. The Kier molecular flexibility index (Phi) is 4.94. The zero-order valence-electron chi connectivity index (χ0n) is 9.35. The first-order chi connectivity index (χ1) is 7.45. The monoisotopic (exact) mass is 309 g/mol. The van der Waals surface area contributed by atoms with Crippen LogP contribution in [0.2, 0.25) is 0 Å². The molecule has 0 aromatic carbocycles. The minimum absolute atomic E-state index is 0.0613. The maximum atomic E-state index is 11.7. The lowest BCUT2D eigenvalue weighted by molar-refractivity contribution is 0.575. The molecule has 16 heavy (non-hydrogen) atoms. The van der Waals surface area contributed by atoms with Crippen LogP contribution in [0, 0.1) is 0 Å². The van der Waals surface area contributed by atoms with Gasteiger partial charge in [-0.15, -0.1) is 0 Å². The molecule has 1 aromatic rings. The summed E-state index contributed by atoms with van der Waals surface area (Å²) in [5.41, 5.74) is 0. The summed E-state index contributed by atoms with van der Waals surface area (Å²) in [4.78, 5) is 3.97. The summed E-state index contributed by atoms with van der Waals surface area (Å²) in [6.07, 6.45) is 4.89. The van der Waals surface area contributed by atoms with Crippen molar-refractivity contribution in [2.45, 2.75) is 29.6 Å². The molecule has 0 aliphatic carbocycles. The number of nitrogens with zero attached hydrogens (tertiary/aromatic N) is 2. The molecule has 0 radical (unpaired) electrons. The maximum Gasteiger partial charge on any atom is 0.259 e. The van der Waals surface area contributed by atoms with Crippen molar-refractivity contribution >= 4 is 26.0 Å². The predicted octanol–water partition coefficient (Wildman–Crippen LogP) is 1.26. The molecular formula is C9H16BrN3O2S. The highest BCUT2D eigenvalue weighted by Gasteiger charge is 2.17. The zero-order valence-corrected chi connectivity index (χ0v) is 11.8. The molecule has 1 atom stereocenters. The molecule has 1 aromatic heterocycles. The normalized spacial score (nSPS) is 13.9.